The standard InChI is InChI=1S/C11H18N2O5/c1-13(2,8-11(17)18)7-3-6-12-9(14)4-5-10(15)16/h4-5H,3,6-8H2,1-2H3,(H2-,12,14,15,16,17,18)/p+1/b5-4+. The van der Waals surface area contributed by atoms with Crippen molar-refractivity contribution in [1.29, 1.82) is 0 Å². The van der Waals surface area contributed by atoms with E-state index < -0.39 is 17.8 Å². The van der Waals surface area contributed by atoms with Crippen LogP contribution in [0.1, 0.15) is 6.42 Å². The summed E-state index contributed by atoms with van der Waals surface area (Å²) in [6.07, 6.45) is 2.33. The average molecular weight is 259 g/mol. The number of rotatable bonds is 8. The van der Waals surface area contributed by atoms with E-state index in [1.165, 1.54) is 0 Å². The Bertz CT molecular complexity index is 349. The van der Waals surface area contributed by atoms with Gasteiger partial charge >= 0.3 is 11.9 Å². The monoisotopic (exact) mass is 259 g/mol. The van der Waals surface area contributed by atoms with Crippen molar-refractivity contribution in [1.82, 2.24) is 5.32 Å². The number of nitrogens with zero attached hydrogens (tertiary/aromatic N) is 1. The molecule has 0 fully saturated rings. The molecule has 18 heavy (non-hydrogen) atoms. The highest BCUT2D eigenvalue weighted by molar-refractivity contribution is 5.93. The highest BCUT2D eigenvalue weighted by atomic mass is 16.4. The van der Waals surface area contributed by atoms with Gasteiger partial charge in [-0.1, -0.05) is 0 Å². The number of quaternary nitrogens is 1. The fraction of sp³-hybridized carbons (Fsp3) is 0.545. The minimum atomic E-state index is -1.18. The fourth-order valence-electron chi connectivity index (χ4n) is 1.37. The first-order valence-electron chi connectivity index (χ1n) is 5.45. The highest BCUT2D eigenvalue weighted by Crippen LogP contribution is 1.98. The third-order valence-corrected chi connectivity index (χ3v) is 2.18. The van der Waals surface area contributed by atoms with Gasteiger partial charge in [0, 0.05) is 25.1 Å². The molecule has 0 bridgehead atoms. The fourth-order valence-corrected chi connectivity index (χ4v) is 1.37. The smallest absolute Gasteiger partial charge is 0.359 e. The maximum atomic E-state index is 11.1. The van der Waals surface area contributed by atoms with Crippen molar-refractivity contribution in [2.24, 2.45) is 0 Å². The molecule has 0 unspecified atom stereocenters. The summed E-state index contributed by atoms with van der Waals surface area (Å²) in [5.41, 5.74) is 0. The number of nitrogens with one attached hydrogen (secondary N) is 1. The zero-order valence-corrected chi connectivity index (χ0v) is 10.5. The molecule has 0 saturated carbocycles. The lowest BCUT2D eigenvalue weighted by Crippen LogP contribution is -2.45. The van der Waals surface area contributed by atoms with Crippen molar-refractivity contribution >= 4 is 17.8 Å². The second-order valence-electron chi connectivity index (χ2n) is 4.53. The van der Waals surface area contributed by atoms with Gasteiger partial charge in [0.15, 0.2) is 6.54 Å². The normalized spacial score (nSPS) is 11.4. The zero-order chi connectivity index (χ0) is 14.2. The van der Waals surface area contributed by atoms with Gasteiger partial charge in [-0.05, 0) is 0 Å². The molecule has 3 N–H and O–H groups in total. The van der Waals surface area contributed by atoms with Crippen molar-refractivity contribution in [2.45, 2.75) is 6.42 Å². The predicted octanol–water partition coefficient (Wildman–Crippen LogP) is -0.705. The van der Waals surface area contributed by atoms with Gasteiger partial charge < -0.3 is 20.0 Å². The number of aliphatic carboxylic acids is 2. The Kier molecular flexibility index (Phi) is 6.66. The largest absolute Gasteiger partial charge is 0.478 e. The Morgan fingerprint density at radius 1 is 1.17 bits per heavy atom. The zero-order valence-electron chi connectivity index (χ0n) is 10.5. The Morgan fingerprint density at radius 3 is 2.28 bits per heavy atom. The van der Waals surface area contributed by atoms with E-state index in [0.717, 1.165) is 12.2 Å². The molecule has 0 aliphatic carbocycles. The molecule has 102 valence electrons. The van der Waals surface area contributed by atoms with Crippen LogP contribution in [-0.4, -0.2) is 66.3 Å². The van der Waals surface area contributed by atoms with Crippen LogP contribution in [0.25, 0.3) is 0 Å². The first-order chi connectivity index (χ1) is 8.23. The summed E-state index contributed by atoms with van der Waals surface area (Å²) in [5, 5.41) is 19.5. The first-order valence-corrected chi connectivity index (χ1v) is 5.45. The molecule has 0 aromatic rings. The molecule has 0 heterocycles. The number of likely N-dealkylation sites (N-methyl/N-ethyl adjacent to an activating group) is 1. The first kappa shape index (κ1) is 16.1. The quantitative estimate of drug-likeness (QED) is 0.303. The molecule has 0 aliphatic heterocycles. The lowest BCUT2D eigenvalue weighted by molar-refractivity contribution is -0.883. The van der Waals surface area contributed by atoms with Crippen LogP contribution >= 0.6 is 0 Å². The van der Waals surface area contributed by atoms with Gasteiger partial charge in [0.2, 0.25) is 5.91 Å². The van der Waals surface area contributed by atoms with E-state index in [1.807, 2.05) is 0 Å². The van der Waals surface area contributed by atoms with Crippen LogP contribution in [0.5, 0.6) is 0 Å². The van der Waals surface area contributed by atoms with E-state index in [0.29, 0.717) is 24.0 Å². The predicted molar refractivity (Wildman–Crippen MR) is 63.9 cm³/mol. The number of carboxylic acid groups (broad SMARTS) is 2. The maximum Gasteiger partial charge on any atom is 0.359 e. The maximum absolute atomic E-state index is 11.1. The summed E-state index contributed by atoms with van der Waals surface area (Å²) in [5.74, 6) is -2.52. The minimum absolute atomic E-state index is 0.0207. The van der Waals surface area contributed by atoms with Gasteiger partial charge in [-0.2, -0.15) is 0 Å². The van der Waals surface area contributed by atoms with Crippen LogP contribution in [0, 0.1) is 0 Å². The Morgan fingerprint density at radius 2 is 1.78 bits per heavy atom. The van der Waals surface area contributed by atoms with Crippen LogP contribution in [-0.2, 0) is 14.4 Å². The molecular weight excluding hydrogens is 240 g/mol. The van der Waals surface area contributed by atoms with Gasteiger partial charge in [-0.25, -0.2) is 9.59 Å². The SMILES string of the molecule is C[N+](C)(CCCNC(=O)/C=C/C(=O)O)CC(=O)O. The van der Waals surface area contributed by atoms with Gasteiger partial charge in [0.05, 0.1) is 20.6 Å². The summed E-state index contributed by atoms with van der Waals surface area (Å²) in [4.78, 5) is 31.8. The van der Waals surface area contributed by atoms with Gasteiger partial charge in [-0.15, -0.1) is 0 Å². The minimum Gasteiger partial charge on any atom is -0.478 e. The third-order valence-electron chi connectivity index (χ3n) is 2.18. The lowest BCUT2D eigenvalue weighted by Gasteiger charge is -2.27. The lowest BCUT2D eigenvalue weighted by atomic mass is 10.3. The average Bonchev–Trinajstić information content (AvgIpc) is 2.19. The topological polar surface area (TPSA) is 104 Å². The highest BCUT2D eigenvalue weighted by Gasteiger charge is 2.18. The number of amides is 1. The van der Waals surface area contributed by atoms with Crippen LogP contribution in [0.3, 0.4) is 0 Å². The van der Waals surface area contributed by atoms with Crippen LogP contribution in [0.4, 0.5) is 0 Å². The molecule has 0 saturated heterocycles. The van der Waals surface area contributed by atoms with E-state index in [2.05, 4.69) is 5.32 Å². The van der Waals surface area contributed by atoms with Gasteiger partial charge in [-0.3, -0.25) is 4.79 Å². The molecule has 0 rings (SSSR count). The summed E-state index contributed by atoms with van der Waals surface area (Å²) < 4.78 is 0.330. The molecule has 0 spiro atoms. The summed E-state index contributed by atoms with van der Waals surface area (Å²) in [7, 11) is 3.58. The Balaban J connectivity index is 3.83. The van der Waals surface area contributed by atoms with Crippen molar-refractivity contribution < 1.29 is 29.1 Å². The summed E-state index contributed by atoms with van der Waals surface area (Å²) in [6.45, 7) is 1.01. The number of carbonyl (C=O) groups is 3. The number of hydrogen-bond acceptors (Lipinski definition) is 3. The van der Waals surface area contributed by atoms with Gasteiger partial charge in [0.25, 0.3) is 0 Å². The molecule has 7 nitrogen and oxygen atoms in total. The third kappa shape index (κ3) is 9.34. The van der Waals surface area contributed by atoms with Crippen molar-refractivity contribution in [3.8, 4) is 0 Å². The molecule has 0 aromatic carbocycles. The van der Waals surface area contributed by atoms with Crippen molar-refractivity contribution in [3.63, 3.8) is 0 Å². The van der Waals surface area contributed by atoms with Gasteiger partial charge in [0.1, 0.15) is 0 Å². The number of hydrogen-bond donors (Lipinski definition) is 3. The Labute approximate surface area is 105 Å². The molecule has 1 amide bonds. The van der Waals surface area contributed by atoms with Crippen molar-refractivity contribution in [2.75, 3.05) is 33.7 Å². The molecular formula is C11H19N2O5+. The molecule has 0 aromatic heterocycles. The molecule has 7 heteroatoms. The summed E-state index contributed by atoms with van der Waals surface area (Å²) >= 11 is 0. The second kappa shape index (κ2) is 7.44. The number of carboxylic acids is 2. The van der Waals surface area contributed by atoms with Crippen molar-refractivity contribution in [3.05, 3.63) is 12.2 Å². The summed E-state index contributed by atoms with van der Waals surface area (Å²) in [6, 6.07) is 0. The molecule has 0 aliphatic rings. The van der Waals surface area contributed by atoms with Crippen LogP contribution < -0.4 is 5.32 Å². The van der Waals surface area contributed by atoms with Crippen LogP contribution in [0.15, 0.2) is 12.2 Å². The number of carbonyl (C=O) groups excluding carboxylic acids is 1. The van der Waals surface area contributed by atoms with E-state index in [1.54, 1.807) is 14.1 Å². The molecule has 0 atom stereocenters. The van der Waals surface area contributed by atoms with E-state index in [9.17, 15) is 14.4 Å². The van der Waals surface area contributed by atoms with E-state index in [4.69, 9.17) is 10.2 Å². The molecule has 0 radical (unpaired) electrons. The second-order valence-corrected chi connectivity index (χ2v) is 4.53. The van der Waals surface area contributed by atoms with E-state index in [-0.39, 0.29) is 6.54 Å². The Hall–Kier alpha value is -1.89. The van der Waals surface area contributed by atoms with E-state index >= 15 is 0 Å². The van der Waals surface area contributed by atoms with Crippen LogP contribution in [0.2, 0.25) is 0 Å².